The van der Waals surface area contributed by atoms with Crippen molar-refractivity contribution in [1.29, 1.82) is 0 Å². The topological polar surface area (TPSA) is 32.7 Å². The molecule has 1 aromatic heterocycles. The second-order valence-electron chi connectivity index (χ2n) is 5.00. The Morgan fingerprint density at radius 3 is 2.75 bits per heavy atom. The second kappa shape index (κ2) is 6.88. The van der Waals surface area contributed by atoms with Crippen molar-refractivity contribution in [3.8, 4) is 5.75 Å². The van der Waals surface area contributed by atoms with E-state index in [4.69, 9.17) is 4.74 Å². The highest BCUT2D eigenvalue weighted by atomic mass is 32.1. The summed E-state index contributed by atoms with van der Waals surface area (Å²) in [6, 6.07) is 11.9. The molecule has 1 heterocycles. The molecule has 3 nitrogen and oxygen atoms in total. The molecular weight excluding hydrogens is 270 g/mol. The Morgan fingerprint density at radius 1 is 1.30 bits per heavy atom. The SMILES string of the molecule is COc1cccc(C(O)CN(C)Cc2ccc(C)s2)c1. The van der Waals surface area contributed by atoms with Crippen molar-refractivity contribution in [1.82, 2.24) is 4.90 Å². The first kappa shape index (κ1) is 15.0. The predicted octanol–water partition coefficient (Wildman–Crippen LogP) is 3.23. The molecule has 1 N–H and O–H groups in total. The van der Waals surface area contributed by atoms with Crippen LogP contribution in [-0.4, -0.2) is 30.7 Å². The Balaban J connectivity index is 1.94. The van der Waals surface area contributed by atoms with Crippen molar-refractivity contribution in [3.05, 3.63) is 51.7 Å². The largest absolute Gasteiger partial charge is 0.497 e. The van der Waals surface area contributed by atoms with Crippen molar-refractivity contribution in [2.75, 3.05) is 20.7 Å². The third-order valence-electron chi connectivity index (χ3n) is 3.18. The number of rotatable bonds is 6. The summed E-state index contributed by atoms with van der Waals surface area (Å²) < 4.78 is 5.19. The van der Waals surface area contributed by atoms with E-state index in [1.54, 1.807) is 18.4 Å². The van der Waals surface area contributed by atoms with Crippen LogP contribution in [0.15, 0.2) is 36.4 Å². The first-order valence-electron chi connectivity index (χ1n) is 6.64. The highest BCUT2D eigenvalue weighted by molar-refractivity contribution is 7.11. The number of methoxy groups -OCH3 is 1. The Bertz CT molecular complexity index is 553. The fourth-order valence-electron chi connectivity index (χ4n) is 2.15. The maximum Gasteiger partial charge on any atom is 0.119 e. The standard InChI is InChI=1S/C16H21NO2S/c1-12-7-8-15(20-12)10-17(2)11-16(18)13-5-4-6-14(9-13)19-3/h4-9,16,18H,10-11H2,1-3H3. The maximum absolute atomic E-state index is 10.3. The summed E-state index contributed by atoms with van der Waals surface area (Å²) in [6.45, 7) is 3.57. The zero-order valence-electron chi connectivity index (χ0n) is 12.2. The molecule has 0 fully saturated rings. The van der Waals surface area contributed by atoms with Crippen molar-refractivity contribution in [2.24, 2.45) is 0 Å². The maximum atomic E-state index is 10.3. The van der Waals surface area contributed by atoms with Gasteiger partial charge in [0.2, 0.25) is 0 Å². The van der Waals surface area contributed by atoms with Crippen molar-refractivity contribution < 1.29 is 9.84 Å². The Morgan fingerprint density at radius 2 is 2.10 bits per heavy atom. The fourth-order valence-corrected chi connectivity index (χ4v) is 3.12. The van der Waals surface area contributed by atoms with E-state index < -0.39 is 6.10 Å². The van der Waals surface area contributed by atoms with Gasteiger partial charge in [-0.1, -0.05) is 12.1 Å². The molecule has 0 radical (unpaired) electrons. The van der Waals surface area contributed by atoms with Gasteiger partial charge in [-0.2, -0.15) is 0 Å². The first-order chi connectivity index (χ1) is 9.58. The number of ether oxygens (including phenoxy) is 1. The summed E-state index contributed by atoms with van der Waals surface area (Å²) in [5, 5.41) is 10.3. The molecule has 0 aliphatic carbocycles. The summed E-state index contributed by atoms with van der Waals surface area (Å²) in [5.74, 6) is 0.776. The average molecular weight is 291 g/mol. The number of benzene rings is 1. The number of hydrogen-bond acceptors (Lipinski definition) is 4. The van der Waals surface area contributed by atoms with E-state index in [1.165, 1.54) is 9.75 Å². The minimum absolute atomic E-state index is 0.504. The van der Waals surface area contributed by atoms with E-state index in [0.717, 1.165) is 17.9 Å². The molecule has 1 aromatic carbocycles. The van der Waals surface area contributed by atoms with Crippen molar-refractivity contribution >= 4 is 11.3 Å². The quantitative estimate of drug-likeness (QED) is 0.887. The lowest BCUT2D eigenvalue weighted by atomic mass is 10.1. The number of aliphatic hydroxyl groups excluding tert-OH is 1. The Hall–Kier alpha value is -1.36. The number of aliphatic hydroxyl groups is 1. The average Bonchev–Trinajstić information content (AvgIpc) is 2.83. The van der Waals surface area contributed by atoms with Gasteiger partial charge in [-0.15, -0.1) is 11.3 Å². The molecule has 0 saturated heterocycles. The normalized spacial score (nSPS) is 12.7. The van der Waals surface area contributed by atoms with E-state index in [9.17, 15) is 5.11 Å². The van der Waals surface area contributed by atoms with Crippen LogP contribution in [0.25, 0.3) is 0 Å². The van der Waals surface area contributed by atoms with Gasteiger partial charge >= 0.3 is 0 Å². The van der Waals surface area contributed by atoms with Gasteiger partial charge in [-0.3, -0.25) is 4.90 Å². The van der Waals surface area contributed by atoms with E-state index in [2.05, 4.69) is 24.0 Å². The number of thiophene rings is 1. The fraction of sp³-hybridized carbons (Fsp3) is 0.375. The van der Waals surface area contributed by atoms with E-state index in [1.807, 2.05) is 31.3 Å². The van der Waals surface area contributed by atoms with Crippen LogP contribution >= 0.6 is 11.3 Å². The van der Waals surface area contributed by atoms with Crippen LogP contribution in [0.1, 0.15) is 21.4 Å². The van der Waals surface area contributed by atoms with Gasteiger partial charge < -0.3 is 9.84 Å². The van der Waals surface area contributed by atoms with Gasteiger partial charge in [0.25, 0.3) is 0 Å². The lowest BCUT2D eigenvalue weighted by Crippen LogP contribution is -2.23. The third-order valence-corrected chi connectivity index (χ3v) is 4.17. The highest BCUT2D eigenvalue weighted by Gasteiger charge is 2.12. The molecule has 0 aliphatic heterocycles. The smallest absolute Gasteiger partial charge is 0.119 e. The zero-order chi connectivity index (χ0) is 14.5. The summed E-state index contributed by atoms with van der Waals surface area (Å²) in [6.07, 6.45) is -0.504. The lowest BCUT2D eigenvalue weighted by Gasteiger charge is -2.20. The summed E-state index contributed by atoms with van der Waals surface area (Å²) >= 11 is 1.80. The molecule has 20 heavy (non-hydrogen) atoms. The lowest BCUT2D eigenvalue weighted by molar-refractivity contribution is 0.124. The molecule has 0 amide bonds. The van der Waals surface area contributed by atoms with Gasteiger partial charge in [0.15, 0.2) is 0 Å². The number of hydrogen-bond donors (Lipinski definition) is 1. The number of aryl methyl sites for hydroxylation is 1. The molecule has 0 saturated carbocycles. The molecule has 1 atom stereocenters. The number of nitrogens with zero attached hydrogens (tertiary/aromatic N) is 1. The van der Waals surface area contributed by atoms with Crippen LogP contribution < -0.4 is 4.74 Å². The van der Waals surface area contributed by atoms with Crippen LogP contribution in [0, 0.1) is 6.92 Å². The van der Waals surface area contributed by atoms with Crippen LogP contribution in [0.4, 0.5) is 0 Å². The van der Waals surface area contributed by atoms with Crippen LogP contribution in [-0.2, 0) is 6.54 Å². The minimum Gasteiger partial charge on any atom is -0.497 e. The van der Waals surface area contributed by atoms with E-state index >= 15 is 0 Å². The molecule has 0 spiro atoms. The van der Waals surface area contributed by atoms with Gasteiger partial charge in [-0.05, 0) is 43.8 Å². The minimum atomic E-state index is -0.504. The van der Waals surface area contributed by atoms with Crippen LogP contribution in [0.5, 0.6) is 5.75 Å². The number of likely N-dealkylation sites (N-methyl/N-ethyl adjacent to an activating group) is 1. The monoisotopic (exact) mass is 291 g/mol. The Labute approximate surface area is 124 Å². The summed E-state index contributed by atoms with van der Waals surface area (Å²) in [7, 11) is 3.66. The van der Waals surface area contributed by atoms with Crippen molar-refractivity contribution in [2.45, 2.75) is 19.6 Å². The molecule has 0 bridgehead atoms. The van der Waals surface area contributed by atoms with E-state index in [0.29, 0.717) is 6.54 Å². The molecule has 108 valence electrons. The van der Waals surface area contributed by atoms with Gasteiger partial charge in [0, 0.05) is 22.8 Å². The van der Waals surface area contributed by atoms with Crippen LogP contribution in [0.2, 0.25) is 0 Å². The molecule has 4 heteroatoms. The Kier molecular flexibility index (Phi) is 5.17. The highest BCUT2D eigenvalue weighted by Crippen LogP contribution is 2.21. The van der Waals surface area contributed by atoms with E-state index in [-0.39, 0.29) is 0 Å². The van der Waals surface area contributed by atoms with Crippen LogP contribution in [0.3, 0.4) is 0 Å². The van der Waals surface area contributed by atoms with Gasteiger partial charge in [0.1, 0.15) is 5.75 Å². The predicted molar refractivity (Wildman–Crippen MR) is 83.3 cm³/mol. The van der Waals surface area contributed by atoms with Gasteiger partial charge in [-0.25, -0.2) is 0 Å². The summed E-state index contributed by atoms with van der Waals surface area (Å²) in [5.41, 5.74) is 0.888. The first-order valence-corrected chi connectivity index (χ1v) is 7.46. The third kappa shape index (κ3) is 4.07. The molecule has 2 aromatic rings. The second-order valence-corrected chi connectivity index (χ2v) is 6.37. The zero-order valence-corrected chi connectivity index (χ0v) is 13.0. The molecule has 1 unspecified atom stereocenters. The molecule has 2 rings (SSSR count). The molecular formula is C16H21NO2S. The van der Waals surface area contributed by atoms with Crippen molar-refractivity contribution in [3.63, 3.8) is 0 Å². The molecule has 0 aliphatic rings. The summed E-state index contributed by atoms with van der Waals surface area (Å²) in [4.78, 5) is 4.78. The van der Waals surface area contributed by atoms with Gasteiger partial charge in [0.05, 0.1) is 13.2 Å².